The van der Waals surface area contributed by atoms with Crippen molar-refractivity contribution in [3.05, 3.63) is 18.5 Å². The highest BCUT2D eigenvalue weighted by atomic mass is 35.5. The minimum atomic E-state index is -0.631. The largest absolute Gasteiger partial charge is 0.373 e. The van der Waals surface area contributed by atoms with E-state index in [4.69, 9.17) is 10.5 Å². The van der Waals surface area contributed by atoms with E-state index in [0.29, 0.717) is 26.2 Å². The Bertz CT molecular complexity index is 463. The summed E-state index contributed by atoms with van der Waals surface area (Å²) in [4.78, 5) is 14.5. The normalized spacial score (nSPS) is 23.5. The fraction of sp³-hybridized carbons (Fsp3) is 0.714. The molecular weight excluding hydrogens is 327 g/mol. The number of rotatable bonds is 3. The molecule has 6 nitrogen and oxygen atoms in total. The van der Waals surface area contributed by atoms with Crippen LogP contribution in [0, 0.1) is 0 Å². The van der Waals surface area contributed by atoms with Crippen LogP contribution < -0.4 is 5.73 Å². The van der Waals surface area contributed by atoms with Crippen LogP contribution in [0.5, 0.6) is 0 Å². The van der Waals surface area contributed by atoms with E-state index in [1.54, 1.807) is 6.20 Å². The van der Waals surface area contributed by atoms with E-state index in [2.05, 4.69) is 5.10 Å². The smallest absolute Gasteiger partial charge is 0.242 e. The zero-order valence-electron chi connectivity index (χ0n) is 12.5. The van der Waals surface area contributed by atoms with Gasteiger partial charge in [-0.05, 0) is 18.9 Å². The van der Waals surface area contributed by atoms with E-state index < -0.39 is 5.54 Å². The van der Waals surface area contributed by atoms with E-state index in [1.165, 1.54) is 0 Å². The molecular formula is C14H24Cl2N4O2. The highest BCUT2D eigenvalue weighted by Gasteiger charge is 2.41. The lowest BCUT2D eigenvalue weighted by molar-refractivity contribution is -0.145. The molecule has 0 spiro atoms. The Kier molecular flexibility index (Phi) is 7.12. The number of nitrogens with two attached hydrogens (primary N) is 1. The van der Waals surface area contributed by atoms with E-state index >= 15 is 0 Å². The number of hydrogen-bond acceptors (Lipinski definition) is 4. The van der Waals surface area contributed by atoms with Crippen LogP contribution >= 0.6 is 24.8 Å². The third kappa shape index (κ3) is 4.13. The molecule has 1 aromatic rings. The number of halogens is 2. The molecule has 0 radical (unpaired) electrons. The Morgan fingerprint density at radius 1 is 1.36 bits per heavy atom. The van der Waals surface area contributed by atoms with Gasteiger partial charge in [0.15, 0.2) is 0 Å². The molecule has 22 heavy (non-hydrogen) atoms. The molecule has 2 aliphatic rings. The van der Waals surface area contributed by atoms with Crippen molar-refractivity contribution in [2.75, 3.05) is 19.7 Å². The lowest BCUT2D eigenvalue weighted by Crippen LogP contribution is -2.58. The van der Waals surface area contributed by atoms with Crippen LogP contribution in [0.3, 0.4) is 0 Å². The van der Waals surface area contributed by atoms with Gasteiger partial charge in [0.1, 0.15) is 0 Å². The summed E-state index contributed by atoms with van der Waals surface area (Å²) in [7, 11) is 0. The topological polar surface area (TPSA) is 73.4 Å². The van der Waals surface area contributed by atoms with E-state index in [0.717, 1.165) is 25.7 Å². The molecule has 2 fully saturated rings. The van der Waals surface area contributed by atoms with Crippen molar-refractivity contribution in [3.63, 3.8) is 0 Å². The molecule has 1 aliphatic heterocycles. The van der Waals surface area contributed by atoms with E-state index in [9.17, 15) is 4.79 Å². The van der Waals surface area contributed by atoms with Crippen molar-refractivity contribution < 1.29 is 9.53 Å². The van der Waals surface area contributed by atoms with Crippen LogP contribution in [0.25, 0.3) is 0 Å². The van der Waals surface area contributed by atoms with Crippen LogP contribution in [0.1, 0.15) is 25.7 Å². The molecule has 1 aliphatic carbocycles. The Morgan fingerprint density at radius 2 is 2.09 bits per heavy atom. The highest BCUT2D eigenvalue weighted by molar-refractivity contribution is 5.86. The molecule has 1 saturated carbocycles. The van der Waals surface area contributed by atoms with Crippen LogP contribution in [0.4, 0.5) is 0 Å². The maximum atomic E-state index is 12.6. The van der Waals surface area contributed by atoms with Gasteiger partial charge in [0.25, 0.3) is 0 Å². The van der Waals surface area contributed by atoms with E-state index in [-0.39, 0.29) is 36.8 Å². The van der Waals surface area contributed by atoms with Crippen molar-refractivity contribution in [2.24, 2.45) is 5.73 Å². The zero-order chi connectivity index (χ0) is 14.0. The van der Waals surface area contributed by atoms with Crippen molar-refractivity contribution in [3.8, 4) is 0 Å². The molecule has 2 N–H and O–H groups in total. The molecule has 1 unspecified atom stereocenters. The van der Waals surface area contributed by atoms with Crippen molar-refractivity contribution in [2.45, 2.75) is 43.9 Å². The highest BCUT2D eigenvalue weighted by Crippen LogP contribution is 2.29. The van der Waals surface area contributed by atoms with Crippen molar-refractivity contribution in [1.82, 2.24) is 14.7 Å². The van der Waals surface area contributed by atoms with Gasteiger partial charge in [-0.1, -0.05) is 12.8 Å². The summed E-state index contributed by atoms with van der Waals surface area (Å²) in [5.41, 5.74) is 5.63. The number of carbonyl (C=O) groups is 1. The number of ether oxygens (including phenoxy) is 1. The molecule has 1 aromatic heterocycles. The predicted octanol–water partition coefficient (Wildman–Crippen LogP) is 1.23. The number of carbonyl (C=O) groups excluding carboxylic acids is 1. The van der Waals surface area contributed by atoms with Gasteiger partial charge in [0, 0.05) is 25.5 Å². The maximum Gasteiger partial charge on any atom is 0.242 e. The van der Waals surface area contributed by atoms with Gasteiger partial charge < -0.3 is 15.4 Å². The zero-order valence-corrected chi connectivity index (χ0v) is 14.2. The Balaban J connectivity index is 0.00000121. The Hall–Kier alpha value is -0.820. The summed E-state index contributed by atoms with van der Waals surface area (Å²) in [6, 6.07) is 1.89. The van der Waals surface area contributed by atoms with Gasteiger partial charge in [-0.25, -0.2) is 0 Å². The lowest BCUT2D eigenvalue weighted by atomic mass is 9.96. The third-order valence-corrected chi connectivity index (χ3v) is 4.30. The molecule has 0 aromatic carbocycles. The summed E-state index contributed by atoms with van der Waals surface area (Å²) in [5.74, 6) is 0.101. The van der Waals surface area contributed by atoms with Gasteiger partial charge in [-0.2, -0.15) is 5.10 Å². The average Bonchev–Trinajstić information content (AvgIpc) is 3.11. The fourth-order valence-corrected chi connectivity index (χ4v) is 3.17. The maximum absolute atomic E-state index is 12.6. The summed E-state index contributed by atoms with van der Waals surface area (Å²) in [5, 5.41) is 4.18. The minimum Gasteiger partial charge on any atom is -0.373 e. The molecule has 3 rings (SSSR count). The second-order valence-corrected chi connectivity index (χ2v) is 5.84. The molecule has 0 bridgehead atoms. The number of hydrogen-bond donors (Lipinski definition) is 1. The van der Waals surface area contributed by atoms with Crippen LogP contribution in [-0.2, 0) is 16.1 Å². The standard InChI is InChI=1S/C14H22N4O2.2ClH/c15-14(4-1-2-5-14)13(19)17-8-9-20-12(10-17)11-18-7-3-6-16-18;;/h3,6-7,12H,1-2,4-5,8-11,15H2;2*1H. The Labute approximate surface area is 143 Å². The van der Waals surface area contributed by atoms with Gasteiger partial charge in [-0.15, -0.1) is 24.8 Å². The van der Waals surface area contributed by atoms with E-state index in [1.807, 2.05) is 21.8 Å². The summed E-state index contributed by atoms with van der Waals surface area (Å²) >= 11 is 0. The SMILES string of the molecule is Cl.Cl.NC1(C(=O)N2CCOC(Cn3cccn3)C2)CCCC1. The number of nitrogens with zero attached hydrogens (tertiary/aromatic N) is 3. The first-order valence-electron chi connectivity index (χ1n) is 7.35. The van der Waals surface area contributed by atoms with Crippen LogP contribution in [0.15, 0.2) is 18.5 Å². The first-order valence-corrected chi connectivity index (χ1v) is 7.35. The Morgan fingerprint density at radius 3 is 2.73 bits per heavy atom. The van der Waals surface area contributed by atoms with Gasteiger partial charge >= 0.3 is 0 Å². The monoisotopic (exact) mass is 350 g/mol. The van der Waals surface area contributed by atoms with Crippen molar-refractivity contribution in [1.29, 1.82) is 0 Å². The molecule has 8 heteroatoms. The number of amides is 1. The quantitative estimate of drug-likeness (QED) is 0.889. The van der Waals surface area contributed by atoms with Crippen LogP contribution in [-0.4, -0.2) is 51.9 Å². The second-order valence-electron chi connectivity index (χ2n) is 5.84. The molecule has 2 heterocycles. The summed E-state index contributed by atoms with van der Waals surface area (Å²) in [6.07, 6.45) is 7.40. The van der Waals surface area contributed by atoms with Gasteiger partial charge in [0.05, 0.1) is 24.8 Å². The van der Waals surface area contributed by atoms with Gasteiger partial charge in [-0.3, -0.25) is 9.48 Å². The first-order chi connectivity index (χ1) is 9.67. The van der Waals surface area contributed by atoms with Crippen molar-refractivity contribution >= 4 is 30.7 Å². The fourth-order valence-electron chi connectivity index (χ4n) is 3.17. The first kappa shape index (κ1) is 19.2. The molecule has 1 saturated heterocycles. The molecule has 1 atom stereocenters. The molecule has 126 valence electrons. The summed E-state index contributed by atoms with van der Waals surface area (Å²) in [6.45, 7) is 2.51. The van der Waals surface area contributed by atoms with Gasteiger partial charge in [0.2, 0.25) is 5.91 Å². The minimum absolute atomic E-state index is 0. The third-order valence-electron chi connectivity index (χ3n) is 4.30. The predicted molar refractivity (Wildman–Crippen MR) is 88.4 cm³/mol. The number of morpholine rings is 1. The lowest BCUT2D eigenvalue weighted by Gasteiger charge is -2.37. The summed E-state index contributed by atoms with van der Waals surface area (Å²) < 4.78 is 7.57. The molecule has 1 amide bonds. The van der Waals surface area contributed by atoms with Crippen LogP contribution in [0.2, 0.25) is 0 Å². The number of aromatic nitrogens is 2. The second kappa shape index (κ2) is 8.15. The average molecular weight is 351 g/mol.